The average Bonchev–Trinajstić information content (AvgIpc) is 2.29. The van der Waals surface area contributed by atoms with Gasteiger partial charge in [-0.1, -0.05) is 0 Å². The molecule has 0 aliphatic carbocycles. The number of amides is 1. The van der Waals surface area contributed by atoms with Gasteiger partial charge in [0.15, 0.2) is 0 Å². The van der Waals surface area contributed by atoms with Crippen molar-refractivity contribution in [2.24, 2.45) is 5.73 Å². The zero-order chi connectivity index (χ0) is 18.4. The molecule has 1 amide bonds. The van der Waals surface area contributed by atoms with E-state index in [1.165, 1.54) is 6.92 Å². The zero-order valence-electron chi connectivity index (χ0n) is 15.2. The summed E-state index contributed by atoms with van der Waals surface area (Å²) in [5.74, 6) is -1.53. The first-order valence-corrected chi connectivity index (χ1v) is 7.72. The third kappa shape index (κ3) is 10.7. The molecule has 0 bridgehead atoms. The number of hydrogen-bond donors (Lipinski definition) is 2. The predicted octanol–water partition coefficient (Wildman–Crippen LogP) is 1.28. The van der Waals surface area contributed by atoms with E-state index in [2.05, 4.69) is 5.32 Å². The van der Waals surface area contributed by atoms with Crippen molar-refractivity contribution < 1.29 is 23.9 Å². The van der Waals surface area contributed by atoms with Crippen LogP contribution in [-0.2, 0) is 23.9 Å². The van der Waals surface area contributed by atoms with E-state index in [4.69, 9.17) is 15.2 Å². The van der Waals surface area contributed by atoms with Gasteiger partial charge in [0.2, 0.25) is 5.91 Å². The molecule has 0 radical (unpaired) electrons. The molecule has 0 saturated heterocycles. The first-order valence-electron chi connectivity index (χ1n) is 7.72. The Morgan fingerprint density at radius 2 is 1.48 bits per heavy atom. The van der Waals surface area contributed by atoms with E-state index in [-0.39, 0.29) is 12.8 Å². The SMILES string of the molecule is C[C@@H](N)C(=O)N[C@H](CCC(=O)OC(C)(C)C)C(=O)OC(C)(C)C. The molecule has 0 spiro atoms. The summed E-state index contributed by atoms with van der Waals surface area (Å²) in [5, 5.41) is 2.51. The molecule has 0 fully saturated rings. The fourth-order valence-corrected chi connectivity index (χ4v) is 1.58. The van der Waals surface area contributed by atoms with Crippen molar-refractivity contribution in [3.05, 3.63) is 0 Å². The van der Waals surface area contributed by atoms with Crippen LogP contribution in [0.5, 0.6) is 0 Å². The van der Waals surface area contributed by atoms with E-state index < -0.39 is 41.1 Å². The van der Waals surface area contributed by atoms with Crippen LogP contribution in [0.3, 0.4) is 0 Å². The normalized spacial score (nSPS) is 14.6. The molecule has 0 aromatic carbocycles. The van der Waals surface area contributed by atoms with Gasteiger partial charge >= 0.3 is 11.9 Å². The van der Waals surface area contributed by atoms with Gasteiger partial charge < -0.3 is 20.5 Å². The molecule has 0 unspecified atom stereocenters. The van der Waals surface area contributed by atoms with Crippen LogP contribution in [0.25, 0.3) is 0 Å². The highest BCUT2D eigenvalue weighted by Gasteiger charge is 2.28. The minimum atomic E-state index is -0.944. The topological polar surface area (TPSA) is 108 Å². The van der Waals surface area contributed by atoms with Crippen LogP contribution in [0.1, 0.15) is 61.3 Å². The number of nitrogens with one attached hydrogen (secondary N) is 1. The molecule has 7 nitrogen and oxygen atoms in total. The Hall–Kier alpha value is -1.63. The molecule has 0 aliphatic rings. The Morgan fingerprint density at radius 3 is 1.87 bits per heavy atom. The maximum Gasteiger partial charge on any atom is 0.329 e. The lowest BCUT2D eigenvalue weighted by atomic mass is 10.1. The van der Waals surface area contributed by atoms with Crippen molar-refractivity contribution in [1.29, 1.82) is 0 Å². The molecular weight excluding hydrogens is 300 g/mol. The van der Waals surface area contributed by atoms with Gasteiger partial charge in [0, 0.05) is 6.42 Å². The van der Waals surface area contributed by atoms with E-state index in [1.807, 2.05) is 0 Å². The van der Waals surface area contributed by atoms with Gasteiger partial charge in [-0.3, -0.25) is 9.59 Å². The maximum absolute atomic E-state index is 12.2. The fourth-order valence-electron chi connectivity index (χ4n) is 1.58. The van der Waals surface area contributed by atoms with E-state index in [1.54, 1.807) is 41.5 Å². The standard InChI is InChI=1S/C16H30N2O5/c1-10(17)13(20)18-11(14(21)23-16(5,6)7)8-9-12(19)22-15(2,3)4/h10-11H,8-9,17H2,1-7H3,(H,18,20)/t10-,11-/m1/s1. The highest BCUT2D eigenvalue weighted by atomic mass is 16.6. The summed E-state index contributed by atoms with van der Waals surface area (Å²) >= 11 is 0. The number of rotatable bonds is 6. The Labute approximate surface area is 138 Å². The van der Waals surface area contributed by atoms with Crippen LogP contribution in [0.2, 0.25) is 0 Å². The highest BCUT2D eigenvalue weighted by molar-refractivity contribution is 5.87. The lowest BCUT2D eigenvalue weighted by Crippen LogP contribution is -2.49. The number of ether oxygens (including phenoxy) is 2. The Kier molecular flexibility index (Phi) is 7.70. The third-order valence-corrected chi connectivity index (χ3v) is 2.48. The van der Waals surface area contributed by atoms with Crippen LogP contribution in [0, 0.1) is 0 Å². The largest absolute Gasteiger partial charge is 0.460 e. The second-order valence-electron chi connectivity index (χ2n) is 7.51. The number of esters is 2. The maximum atomic E-state index is 12.2. The van der Waals surface area contributed by atoms with E-state index in [9.17, 15) is 14.4 Å². The van der Waals surface area contributed by atoms with Crippen LogP contribution in [-0.4, -0.2) is 41.1 Å². The summed E-state index contributed by atoms with van der Waals surface area (Å²) in [6, 6.07) is -1.71. The minimum Gasteiger partial charge on any atom is -0.460 e. The van der Waals surface area contributed by atoms with E-state index >= 15 is 0 Å². The van der Waals surface area contributed by atoms with Crippen molar-refractivity contribution in [2.75, 3.05) is 0 Å². The van der Waals surface area contributed by atoms with Gasteiger partial charge in [-0.15, -0.1) is 0 Å². The molecular formula is C16H30N2O5. The average molecular weight is 330 g/mol. The summed E-state index contributed by atoms with van der Waals surface area (Å²) in [4.78, 5) is 35.7. The summed E-state index contributed by atoms with van der Waals surface area (Å²) in [5.41, 5.74) is 4.20. The quantitative estimate of drug-likeness (QED) is 0.710. The van der Waals surface area contributed by atoms with Gasteiger partial charge in [-0.25, -0.2) is 4.79 Å². The van der Waals surface area contributed by atoms with Crippen molar-refractivity contribution in [1.82, 2.24) is 5.32 Å². The number of carbonyl (C=O) groups is 3. The van der Waals surface area contributed by atoms with Crippen LogP contribution < -0.4 is 11.1 Å². The summed E-state index contributed by atoms with van der Waals surface area (Å²) < 4.78 is 10.5. The minimum absolute atomic E-state index is 0.0135. The molecule has 2 atom stereocenters. The first-order chi connectivity index (χ1) is 10.2. The first kappa shape index (κ1) is 21.4. The molecule has 0 saturated carbocycles. The molecule has 0 aromatic rings. The molecule has 23 heavy (non-hydrogen) atoms. The fraction of sp³-hybridized carbons (Fsp3) is 0.812. The smallest absolute Gasteiger partial charge is 0.329 e. The lowest BCUT2D eigenvalue weighted by molar-refractivity contribution is -0.160. The monoisotopic (exact) mass is 330 g/mol. The Morgan fingerprint density at radius 1 is 1.00 bits per heavy atom. The third-order valence-electron chi connectivity index (χ3n) is 2.48. The Bertz CT molecular complexity index is 433. The second-order valence-corrected chi connectivity index (χ2v) is 7.51. The molecule has 134 valence electrons. The second kappa shape index (κ2) is 8.29. The summed E-state index contributed by atoms with van der Waals surface area (Å²) in [7, 11) is 0. The van der Waals surface area contributed by atoms with E-state index in [0.29, 0.717) is 0 Å². The van der Waals surface area contributed by atoms with Crippen molar-refractivity contribution in [3.63, 3.8) is 0 Å². The van der Waals surface area contributed by atoms with Gasteiger partial charge in [0.05, 0.1) is 6.04 Å². The summed E-state index contributed by atoms with van der Waals surface area (Å²) in [6.45, 7) is 12.0. The number of carbonyl (C=O) groups excluding carboxylic acids is 3. The highest BCUT2D eigenvalue weighted by Crippen LogP contribution is 2.13. The molecule has 0 aliphatic heterocycles. The zero-order valence-corrected chi connectivity index (χ0v) is 15.2. The molecule has 0 rings (SSSR count). The lowest BCUT2D eigenvalue weighted by Gasteiger charge is -2.25. The molecule has 0 aromatic heterocycles. The summed E-state index contributed by atoms with van der Waals surface area (Å²) in [6.07, 6.45) is 0.0721. The predicted molar refractivity (Wildman–Crippen MR) is 86.5 cm³/mol. The van der Waals surface area contributed by atoms with Crippen molar-refractivity contribution in [3.8, 4) is 0 Å². The van der Waals surface area contributed by atoms with E-state index in [0.717, 1.165) is 0 Å². The van der Waals surface area contributed by atoms with Crippen LogP contribution in [0.15, 0.2) is 0 Å². The van der Waals surface area contributed by atoms with Gasteiger partial charge in [-0.05, 0) is 54.9 Å². The van der Waals surface area contributed by atoms with Gasteiger partial charge in [0.25, 0.3) is 0 Å². The van der Waals surface area contributed by atoms with Gasteiger partial charge in [0.1, 0.15) is 17.2 Å². The number of hydrogen-bond acceptors (Lipinski definition) is 6. The number of nitrogens with two attached hydrogens (primary N) is 1. The molecule has 7 heteroatoms. The van der Waals surface area contributed by atoms with Gasteiger partial charge in [-0.2, -0.15) is 0 Å². The van der Waals surface area contributed by atoms with Crippen LogP contribution in [0.4, 0.5) is 0 Å². The van der Waals surface area contributed by atoms with Crippen LogP contribution >= 0.6 is 0 Å². The van der Waals surface area contributed by atoms with Crippen molar-refractivity contribution >= 4 is 17.8 Å². The Balaban J connectivity index is 4.82. The van der Waals surface area contributed by atoms with Crippen molar-refractivity contribution in [2.45, 2.75) is 84.6 Å². The molecule has 3 N–H and O–H groups in total. The molecule has 0 heterocycles.